The monoisotopic (exact) mass is 288 g/mol. The second-order valence-corrected chi connectivity index (χ2v) is 5.60. The number of hydrogen-bond donors (Lipinski definition) is 1. The topological polar surface area (TPSA) is 38.7 Å². The zero-order valence-corrected chi connectivity index (χ0v) is 12.7. The lowest BCUT2D eigenvalue weighted by atomic mass is 9.89. The summed E-state index contributed by atoms with van der Waals surface area (Å²) in [5.74, 6) is 7.09. The molecule has 0 bridgehead atoms. The van der Waals surface area contributed by atoms with E-state index in [1.807, 2.05) is 24.3 Å². The van der Waals surface area contributed by atoms with Gasteiger partial charge in [-0.15, -0.1) is 0 Å². The summed E-state index contributed by atoms with van der Waals surface area (Å²) in [6.07, 6.45) is 5.39. The first-order chi connectivity index (χ1) is 10.3. The molecule has 0 aliphatic heterocycles. The van der Waals surface area contributed by atoms with Crippen molar-refractivity contribution >= 4 is 0 Å². The molecule has 3 nitrogen and oxygen atoms in total. The van der Waals surface area contributed by atoms with Gasteiger partial charge in [0.25, 0.3) is 0 Å². The maximum atomic E-state index is 8.64. The largest absolute Gasteiger partial charge is 0.491 e. The van der Waals surface area contributed by atoms with Crippen molar-refractivity contribution in [2.75, 3.05) is 19.8 Å². The van der Waals surface area contributed by atoms with Crippen LogP contribution in [0.15, 0.2) is 24.3 Å². The molecule has 0 spiro atoms. The van der Waals surface area contributed by atoms with Crippen LogP contribution in [0, 0.1) is 17.8 Å². The molecule has 0 radical (unpaired) electrons. The number of aliphatic hydroxyl groups excluding tert-OH is 1. The van der Waals surface area contributed by atoms with Gasteiger partial charge in [0.05, 0.1) is 12.7 Å². The molecule has 1 fully saturated rings. The van der Waals surface area contributed by atoms with Crippen molar-refractivity contribution in [3.63, 3.8) is 0 Å². The molecule has 1 N–H and O–H groups in total. The highest BCUT2D eigenvalue weighted by atomic mass is 16.5. The molecule has 21 heavy (non-hydrogen) atoms. The van der Waals surface area contributed by atoms with Gasteiger partial charge in [0.15, 0.2) is 0 Å². The normalized spacial score (nSPS) is 21.4. The van der Waals surface area contributed by atoms with E-state index in [-0.39, 0.29) is 6.61 Å². The summed E-state index contributed by atoms with van der Waals surface area (Å²) >= 11 is 0. The van der Waals surface area contributed by atoms with E-state index in [1.165, 1.54) is 25.7 Å². The fourth-order valence-electron chi connectivity index (χ4n) is 2.68. The van der Waals surface area contributed by atoms with Gasteiger partial charge in [-0.1, -0.05) is 31.6 Å². The van der Waals surface area contributed by atoms with Gasteiger partial charge in [0.2, 0.25) is 0 Å². The van der Waals surface area contributed by atoms with Crippen molar-refractivity contribution in [2.45, 2.75) is 38.7 Å². The van der Waals surface area contributed by atoms with E-state index < -0.39 is 0 Å². The lowest BCUT2D eigenvalue weighted by molar-refractivity contribution is 0.00196. The van der Waals surface area contributed by atoms with Gasteiger partial charge >= 0.3 is 0 Å². The predicted octanol–water partition coefficient (Wildman–Crippen LogP) is 3.00. The zero-order chi connectivity index (χ0) is 14.9. The van der Waals surface area contributed by atoms with Crippen LogP contribution in [-0.2, 0) is 4.74 Å². The summed E-state index contributed by atoms with van der Waals surface area (Å²) in [5, 5.41) is 8.64. The highest BCUT2D eigenvalue weighted by Crippen LogP contribution is 2.25. The average Bonchev–Trinajstić information content (AvgIpc) is 2.51. The molecule has 1 aromatic rings. The van der Waals surface area contributed by atoms with Gasteiger partial charge in [0, 0.05) is 5.56 Å². The fraction of sp³-hybridized carbons (Fsp3) is 0.556. The minimum absolute atomic E-state index is 0.116. The Morgan fingerprint density at radius 1 is 1.19 bits per heavy atom. The molecule has 1 aliphatic carbocycles. The third kappa shape index (κ3) is 5.79. The SMILES string of the molecule is CC1CCCC(OCCOc2ccc(C#CCO)cc2)C1. The Labute approximate surface area is 127 Å². The third-order valence-electron chi connectivity index (χ3n) is 3.76. The van der Waals surface area contributed by atoms with Gasteiger partial charge in [0.1, 0.15) is 19.0 Å². The van der Waals surface area contributed by atoms with E-state index in [0.29, 0.717) is 19.3 Å². The Kier molecular flexibility index (Phi) is 6.59. The number of rotatable bonds is 5. The second kappa shape index (κ2) is 8.71. The van der Waals surface area contributed by atoms with Crippen molar-refractivity contribution in [1.82, 2.24) is 0 Å². The molecule has 1 aromatic carbocycles. The summed E-state index contributed by atoms with van der Waals surface area (Å²) in [7, 11) is 0. The van der Waals surface area contributed by atoms with Crippen LogP contribution in [0.3, 0.4) is 0 Å². The molecule has 3 heteroatoms. The number of aliphatic hydroxyl groups is 1. The zero-order valence-electron chi connectivity index (χ0n) is 12.7. The van der Waals surface area contributed by atoms with E-state index in [4.69, 9.17) is 14.6 Å². The molecule has 2 atom stereocenters. The van der Waals surface area contributed by atoms with Crippen LogP contribution < -0.4 is 4.74 Å². The highest BCUT2D eigenvalue weighted by molar-refractivity contribution is 5.38. The molecule has 2 unspecified atom stereocenters. The van der Waals surface area contributed by atoms with Gasteiger partial charge in [-0.25, -0.2) is 0 Å². The van der Waals surface area contributed by atoms with Crippen LogP contribution >= 0.6 is 0 Å². The van der Waals surface area contributed by atoms with E-state index in [2.05, 4.69) is 18.8 Å². The fourth-order valence-corrected chi connectivity index (χ4v) is 2.68. The molecule has 114 valence electrons. The Hall–Kier alpha value is -1.50. The molecule has 0 amide bonds. The maximum Gasteiger partial charge on any atom is 0.119 e. The standard InChI is InChI=1S/C18H24O3/c1-15-4-2-6-18(14-15)21-13-12-20-17-9-7-16(8-10-17)5-3-11-19/h7-10,15,18-19H,2,4,6,11-14H2,1H3. The Balaban J connectivity index is 1.66. The van der Waals surface area contributed by atoms with E-state index in [0.717, 1.165) is 17.2 Å². The lowest BCUT2D eigenvalue weighted by Crippen LogP contribution is -2.23. The minimum Gasteiger partial charge on any atom is -0.491 e. The van der Waals surface area contributed by atoms with Crippen molar-refractivity contribution < 1.29 is 14.6 Å². The molecular formula is C18H24O3. The quantitative estimate of drug-likeness (QED) is 0.668. The van der Waals surface area contributed by atoms with Crippen LogP contribution in [0.1, 0.15) is 38.2 Å². The van der Waals surface area contributed by atoms with E-state index in [9.17, 15) is 0 Å². The molecule has 1 saturated carbocycles. The molecular weight excluding hydrogens is 264 g/mol. The van der Waals surface area contributed by atoms with Crippen LogP contribution in [0.5, 0.6) is 5.75 Å². The van der Waals surface area contributed by atoms with Crippen molar-refractivity contribution in [3.8, 4) is 17.6 Å². The summed E-state index contributed by atoms with van der Waals surface area (Å²) in [4.78, 5) is 0. The first-order valence-electron chi connectivity index (χ1n) is 7.72. The molecule has 2 rings (SSSR count). The van der Waals surface area contributed by atoms with Crippen LogP contribution in [0.4, 0.5) is 0 Å². The van der Waals surface area contributed by atoms with Gasteiger partial charge in [-0.05, 0) is 43.0 Å². The summed E-state index contributed by atoms with van der Waals surface area (Å²) in [5.41, 5.74) is 0.879. The van der Waals surface area contributed by atoms with Gasteiger partial charge < -0.3 is 14.6 Å². The number of benzene rings is 1. The van der Waals surface area contributed by atoms with E-state index >= 15 is 0 Å². The predicted molar refractivity (Wildman–Crippen MR) is 83.3 cm³/mol. The first kappa shape index (κ1) is 15.9. The number of hydrogen-bond acceptors (Lipinski definition) is 3. The van der Waals surface area contributed by atoms with Crippen molar-refractivity contribution in [2.24, 2.45) is 5.92 Å². The minimum atomic E-state index is -0.116. The molecule has 1 aliphatic rings. The van der Waals surface area contributed by atoms with Crippen LogP contribution in [0.25, 0.3) is 0 Å². The highest BCUT2D eigenvalue weighted by Gasteiger charge is 2.18. The Morgan fingerprint density at radius 3 is 2.71 bits per heavy atom. The molecule has 0 saturated heterocycles. The van der Waals surface area contributed by atoms with Crippen LogP contribution in [-0.4, -0.2) is 31.0 Å². The lowest BCUT2D eigenvalue weighted by Gasteiger charge is -2.26. The van der Waals surface area contributed by atoms with E-state index in [1.54, 1.807) is 0 Å². The molecule has 0 heterocycles. The summed E-state index contributed by atoms with van der Waals surface area (Å²) in [6.45, 7) is 3.40. The first-order valence-corrected chi connectivity index (χ1v) is 7.72. The van der Waals surface area contributed by atoms with Gasteiger partial charge in [-0.2, -0.15) is 0 Å². The summed E-state index contributed by atoms with van der Waals surface area (Å²) < 4.78 is 11.5. The maximum absolute atomic E-state index is 8.64. The second-order valence-electron chi connectivity index (χ2n) is 5.60. The summed E-state index contributed by atoms with van der Waals surface area (Å²) in [6, 6.07) is 7.57. The smallest absolute Gasteiger partial charge is 0.119 e. The van der Waals surface area contributed by atoms with Gasteiger partial charge in [-0.3, -0.25) is 0 Å². The molecule has 0 aromatic heterocycles. The van der Waals surface area contributed by atoms with Crippen molar-refractivity contribution in [3.05, 3.63) is 29.8 Å². The van der Waals surface area contributed by atoms with Crippen molar-refractivity contribution in [1.29, 1.82) is 0 Å². The average molecular weight is 288 g/mol. The third-order valence-corrected chi connectivity index (χ3v) is 3.76. The Morgan fingerprint density at radius 2 is 2.00 bits per heavy atom. The van der Waals surface area contributed by atoms with Crippen LogP contribution in [0.2, 0.25) is 0 Å². The number of ether oxygens (including phenoxy) is 2. The Bertz CT molecular complexity index is 469.